The van der Waals surface area contributed by atoms with Crippen molar-refractivity contribution in [3.05, 3.63) is 59.9 Å². The van der Waals surface area contributed by atoms with E-state index in [9.17, 15) is 0 Å². The van der Waals surface area contributed by atoms with Gasteiger partial charge >= 0.3 is 0 Å². The molecule has 150 valence electrons. The van der Waals surface area contributed by atoms with Gasteiger partial charge < -0.3 is 10.6 Å². The molecular formula is C24H29N5. The first-order valence-electron chi connectivity index (χ1n) is 10.6. The summed E-state index contributed by atoms with van der Waals surface area (Å²) in [6, 6.07) is 12.9. The van der Waals surface area contributed by atoms with Gasteiger partial charge in [0.15, 0.2) is 0 Å². The van der Waals surface area contributed by atoms with Gasteiger partial charge in [0.2, 0.25) is 5.95 Å². The number of rotatable bonds is 6. The molecule has 2 N–H and O–H groups in total. The normalized spacial score (nSPS) is 14.6. The first-order chi connectivity index (χ1) is 14.2. The lowest BCUT2D eigenvalue weighted by atomic mass is 9.96. The Labute approximate surface area is 173 Å². The number of aryl methyl sites for hydroxylation is 2. The Morgan fingerprint density at radius 3 is 2.55 bits per heavy atom. The number of nitrogens with zero attached hydrogens (tertiary/aromatic N) is 3. The summed E-state index contributed by atoms with van der Waals surface area (Å²) in [5, 5.41) is 7.16. The zero-order valence-electron chi connectivity index (χ0n) is 17.3. The van der Waals surface area contributed by atoms with E-state index in [0.29, 0.717) is 12.0 Å². The number of para-hydroxylation sites is 1. The van der Waals surface area contributed by atoms with E-state index in [-0.39, 0.29) is 0 Å². The fourth-order valence-electron chi connectivity index (χ4n) is 4.01. The van der Waals surface area contributed by atoms with E-state index in [2.05, 4.69) is 47.7 Å². The number of aromatic nitrogens is 3. The van der Waals surface area contributed by atoms with Gasteiger partial charge in [-0.15, -0.1) is 0 Å². The van der Waals surface area contributed by atoms with Crippen LogP contribution < -0.4 is 10.6 Å². The third kappa shape index (κ3) is 4.73. The van der Waals surface area contributed by atoms with Gasteiger partial charge in [0.05, 0.1) is 5.69 Å². The molecule has 1 aliphatic rings. The van der Waals surface area contributed by atoms with Crippen molar-refractivity contribution in [1.29, 1.82) is 0 Å². The first-order valence-corrected chi connectivity index (χ1v) is 10.6. The topological polar surface area (TPSA) is 62.7 Å². The van der Waals surface area contributed by atoms with E-state index in [4.69, 9.17) is 9.97 Å². The summed E-state index contributed by atoms with van der Waals surface area (Å²) in [5.74, 6) is 1.51. The SMILES string of the molecule is CCc1cccc(C)c1Nc1cc(-c2ccncc2)nc(NC2CCCCC2)n1. The van der Waals surface area contributed by atoms with Gasteiger partial charge in [-0.2, -0.15) is 4.98 Å². The minimum Gasteiger partial charge on any atom is -0.351 e. The van der Waals surface area contributed by atoms with Crippen molar-refractivity contribution in [2.24, 2.45) is 0 Å². The molecule has 2 aromatic heterocycles. The van der Waals surface area contributed by atoms with E-state index < -0.39 is 0 Å². The molecule has 0 bridgehead atoms. The molecule has 29 heavy (non-hydrogen) atoms. The first kappa shape index (κ1) is 19.4. The molecule has 0 radical (unpaired) electrons. The van der Waals surface area contributed by atoms with Gasteiger partial charge in [0.1, 0.15) is 5.82 Å². The highest BCUT2D eigenvalue weighted by molar-refractivity contribution is 5.70. The van der Waals surface area contributed by atoms with Crippen LogP contribution in [0.4, 0.5) is 17.5 Å². The lowest BCUT2D eigenvalue weighted by molar-refractivity contribution is 0.461. The average molecular weight is 388 g/mol. The zero-order chi connectivity index (χ0) is 20.1. The lowest BCUT2D eigenvalue weighted by Gasteiger charge is -2.23. The summed E-state index contributed by atoms with van der Waals surface area (Å²) in [6.07, 6.45) is 10.8. The fraction of sp³-hybridized carbons (Fsp3) is 0.375. The van der Waals surface area contributed by atoms with Crippen LogP contribution in [0.1, 0.15) is 50.2 Å². The standard InChI is InChI=1S/C24H29N5/c1-3-18-9-7-8-17(2)23(18)28-22-16-21(19-12-14-25-15-13-19)27-24(29-22)26-20-10-5-4-6-11-20/h7-9,12-16,20H,3-6,10-11H2,1-2H3,(H2,26,27,28,29). The Kier molecular flexibility index (Phi) is 6.03. The molecule has 3 aromatic rings. The third-order valence-corrected chi connectivity index (χ3v) is 5.63. The van der Waals surface area contributed by atoms with E-state index in [1.54, 1.807) is 12.4 Å². The van der Waals surface area contributed by atoms with Crippen LogP contribution in [-0.2, 0) is 6.42 Å². The van der Waals surface area contributed by atoms with Crippen molar-refractivity contribution < 1.29 is 0 Å². The maximum absolute atomic E-state index is 4.82. The third-order valence-electron chi connectivity index (χ3n) is 5.63. The quantitative estimate of drug-likeness (QED) is 0.551. The molecule has 5 heteroatoms. The van der Waals surface area contributed by atoms with Gasteiger partial charge in [-0.3, -0.25) is 4.98 Å². The number of hydrogen-bond acceptors (Lipinski definition) is 5. The van der Waals surface area contributed by atoms with Crippen molar-refractivity contribution in [3.63, 3.8) is 0 Å². The van der Waals surface area contributed by atoms with Crippen LogP contribution in [0.2, 0.25) is 0 Å². The minimum atomic E-state index is 0.453. The Hall–Kier alpha value is -2.95. The van der Waals surface area contributed by atoms with Crippen LogP contribution in [0.25, 0.3) is 11.3 Å². The summed E-state index contributed by atoms with van der Waals surface area (Å²) in [4.78, 5) is 13.8. The summed E-state index contributed by atoms with van der Waals surface area (Å²) >= 11 is 0. The van der Waals surface area contributed by atoms with Crippen molar-refractivity contribution >= 4 is 17.5 Å². The minimum absolute atomic E-state index is 0.453. The summed E-state index contributed by atoms with van der Waals surface area (Å²) < 4.78 is 0. The number of hydrogen-bond donors (Lipinski definition) is 2. The Morgan fingerprint density at radius 1 is 1.00 bits per heavy atom. The van der Waals surface area contributed by atoms with Gasteiger partial charge in [-0.05, 0) is 49.4 Å². The van der Waals surface area contributed by atoms with Crippen LogP contribution in [0, 0.1) is 6.92 Å². The molecule has 1 aromatic carbocycles. The van der Waals surface area contributed by atoms with Gasteiger partial charge in [0, 0.05) is 35.8 Å². The number of anilines is 3. The summed E-state index contributed by atoms with van der Waals surface area (Å²) in [5.41, 5.74) is 5.58. The van der Waals surface area contributed by atoms with Gasteiger partial charge in [-0.1, -0.05) is 44.4 Å². The Bertz CT molecular complexity index is 949. The fourth-order valence-corrected chi connectivity index (χ4v) is 4.01. The molecule has 0 atom stereocenters. The van der Waals surface area contributed by atoms with Crippen molar-refractivity contribution in [2.45, 2.75) is 58.4 Å². The van der Waals surface area contributed by atoms with Gasteiger partial charge in [-0.25, -0.2) is 4.98 Å². The van der Waals surface area contributed by atoms with Gasteiger partial charge in [0.25, 0.3) is 0 Å². The smallest absolute Gasteiger partial charge is 0.225 e. The zero-order valence-corrected chi connectivity index (χ0v) is 17.3. The monoisotopic (exact) mass is 387 g/mol. The molecule has 1 saturated carbocycles. The predicted molar refractivity (Wildman–Crippen MR) is 120 cm³/mol. The predicted octanol–water partition coefficient (Wildman–Crippen LogP) is 5.90. The second kappa shape index (κ2) is 9.03. The lowest BCUT2D eigenvalue weighted by Crippen LogP contribution is -2.23. The van der Waals surface area contributed by atoms with E-state index >= 15 is 0 Å². The maximum atomic E-state index is 4.82. The molecular weight excluding hydrogens is 358 g/mol. The molecule has 2 heterocycles. The maximum Gasteiger partial charge on any atom is 0.225 e. The molecule has 5 nitrogen and oxygen atoms in total. The van der Waals surface area contributed by atoms with Crippen LogP contribution >= 0.6 is 0 Å². The molecule has 1 fully saturated rings. The Morgan fingerprint density at radius 2 is 1.79 bits per heavy atom. The van der Waals surface area contributed by atoms with Crippen molar-refractivity contribution in [3.8, 4) is 11.3 Å². The number of benzene rings is 1. The average Bonchev–Trinajstić information content (AvgIpc) is 2.76. The van der Waals surface area contributed by atoms with Crippen LogP contribution in [0.15, 0.2) is 48.8 Å². The van der Waals surface area contributed by atoms with E-state index in [1.165, 1.54) is 43.2 Å². The number of nitrogens with one attached hydrogen (secondary N) is 2. The molecule has 0 unspecified atom stereocenters. The molecule has 0 saturated heterocycles. The molecule has 0 amide bonds. The highest BCUT2D eigenvalue weighted by Gasteiger charge is 2.16. The van der Waals surface area contributed by atoms with Crippen LogP contribution in [0.3, 0.4) is 0 Å². The second-order valence-electron chi connectivity index (χ2n) is 7.76. The highest BCUT2D eigenvalue weighted by atomic mass is 15.2. The van der Waals surface area contributed by atoms with Crippen molar-refractivity contribution in [2.75, 3.05) is 10.6 Å². The van der Waals surface area contributed by atoms with Crippen LogP contribution in [-0.4, -0.2) is 21.0 Å². The summed E-state index contributed by atoms with van der Waals surface area (Å²) in [6.45, 7) is 4.31. The highest BCUT2D eigenvalue weighted by Crippen LogP contribution is 2.28. The molecule has 0 aliphatic heterocycles. The summed E-state index contributed by atoms with van der Waals surface area (Å²) in [7, 11) is 0. The van der Waals surface area contributed by atoms with E-state index in [0.717, 1.165) is 29.2 Å². The van der Waals surface area contributed by atoms with E-state index in [1.807, 2.05) is 18.2 Å². The van der Waals surface area contributed by atoms with Crippen molar-refractivity contribution in [1.82, 2.24) is 15.0 Å². The number of pyridine rings is 1. The molecule has 1 aliphatic carbocycles. The Balaban J connectivity index is 1.69. The van der Waals surface area contributed by atoms with Crippen LogP contribution in [0.5, 0.6) is 0 Å². The second-order valence-corrected chi connectivity index (χ2v) is 7.76. The largest absolute Gasteiger partial charge is 0.351 e. The molecule has 0 spiro atoms. The molecule has 4 rings (SSSR count).